The van der Waals surface area contributed by atoms with Crippen molar-refractivity contribution in [1.82, 2.24) is 0 Å². The first-order chi connectivity index (χ1) is 4.59. The van der Waals surface area contributed by atoms with E-state index in [1.54, 1.807) is 3.88 Å². The van der Waals surface area contributed by atoms with E-state index < -0.39 is 14.0 Å². The van der Waals surface area contributed by atoms with Crippen LogP contribution < -0.4 is 0 Å². The Labute approximate surface area is 138 Å². The summed E-state index contributed by atoms with van der Waals surface area (Å²) in [4.78, 5) is 0. The Hall–Kier alpha value is 2.38. The summed E-state index contributed by atoms with van der Waals surface area (Å²) in [6, 6.07) is 0. The molecule has 1 aliphatic carbocycles. The zero-order valence-corrected chi connectivity index (χ0v) is 18.2. The molecular weight excluding hydrogens is 549 g/mol. The molecule has 0 aromatic carbocycles. The minimum absolute atomic E-state index is 0. The van der Waals surface area contributed by atoms with Gasteiger partial charge in [-0.2, -0.15) is 0 Å². The third kappa shape index (κ3) is 6.86. The van der Waals surface area contributed by atoms with Crippen LogP contribution in [0.1, 0.15) is 6.42 Å². The number of allylic oxidation sites excluding steroid dienone is 4. The Balaban J connectivity index is -0.000000403. The summed E-state index contributed by atoms with van der Waals surface area (Å²) in [6.07, 6.45) is 7.98. The van der Waals surface area contributed by atoms with E-state index in [0.717, 1.165) is 0 Å². The first-order valence-corrected chi connectivity index (χ1v) is 13.1. The van der Waals surface area contributed by atoms with Crippen LogP contribution in [0.2, 0.25) is 26.1 Å². The van der Waals surface area contributed by atoms with Crippen molar-refractivity contribution in [2.75, 3.05) is 0 Å². The first kappa shape index (κ1) is 21.6. The van der Waals surface area contributed by atoms with Crippen LogP contribution in [0.25, 0.3) is 0 Å². The summed E-state index contributed by atoms with van der Waals surface area (Å²) in [6.45, 7) is 0. The van der Waals surface area contributed by atoms with Gasteiger partial charge in [0.2, 0.25) is 0 Å². The fourth-order valence-corrected chi connectivity index (χ4v) is 4.60. The van der Waals surface area contributed by atoms with Crippen molar-refractivity contribution in [3.8, 4) is 0 Å². The third-order valence-electron chi connectivity index (χ3n) is 2.38. The Morgan fingerprint density at radius 3 is 1.50 bits per heavy atom. The standard InChI is InChI=1S/C5H5.5CH3.3HI.Ti/c1-2-4-5-3-1;;;;;;;;;/h1-3H,4H2;5*1H3;3*1H;. The summed E-state index contributed by atoms with van der Waals surface area (Å²) >= 11 is -2.61. The Morgan fingerprint density at radius 1 is 0.929 bits per heavy atom. The van der Waals surface area contributed by atoms with E-state index in [1.165, 1.54) is 6.42 Å². The van der Waals surface area contributed by atoms with E-state index in [0.29, 0.717) is 0 Å². The van der Waals surface area contributed by atoms with Gasteiger partial charge >= 0.3 is 68.7 Å². The van der Waals surface area contributed by atoms with Crippen LogP contribution in [0.3, 0.4) is 0 Å². The Bertz CT molecular complexity index is 242. The van der Waals surface area contributed by atoms with Gasteiger partial charge in [-0.05, 0) is 0 Å². The van der Waals surface area contributed by atoms with Gasteiger partial charge in [0.1, 0.15) is 0 Å². The maximum absolute atomic E-state index is 2.61. The molecule has 0 radical (unpaired) electrons. The molecule has 0 aliphatic heterocycles. The molecule has 0 fully saturated rings. The third-order valence-corrected chi connectivity index (χ3v) is 7.97. The van der Waals surface area contributed by atoms with E-state index in [2.05, 4.69) is 44.4 Å². The van der Waals surface area contributed by atoms with Gasteiger partial charge in [0.25, 0.3) is 0 Å². The molecule has 0 heterocycles. The molecule has 0 saturated heterocycles. The van der Waals surface area contributed by atoms with Crippen molar-refractivity contribution < 1.29 is 14.0 Å². The van der Waals surface area contributed by atoms with Crippen LogP contribution in [-0.4, -0.2) is 0 Å². The topological polar surface area (TPSA) is 0 Å². The fourth-order valence-electron chi connectivity index (χ4n) is 1.37. The molecule has 0 nitrogen and oxygen atoms in total. The first-order valence-electron chi connectivity index (χ1n) is 4.47. The second-order valence-corrected chi connectivity index (χ2v) is 28.1. The van der Waals surface area contributed by atoms with E-state index >= 15 is 0 Å². The zero-order valence-electron chi connectivity index (χ0n) is 9.66. The van der Waals surface area contributed by atoms with Crippen molar-refractivity contribution in [1.29, 1.82) is 0 Å². The molecule has 0 unspecified atom stereocenters. The van der Waals surface area contributed by atoms with Crippen LogP contribution in [0, 0.1) is 0 Å². The molecule has 0 aromatic heterocycles. The van der Waals surface area contributed by atoms with Crippen molar-refractivity contribution in [2.45, 2.75) is 32.6 Å². The predicted octanol–water partition coefficient (Wildman–Crippen LogP) is 6.15. The molecule has 4 heteroatoms. The SMILES string of the molecule is I.I.I.[CH3][Ti]([CH3])([CH3])([CH3])([CH3])[C]1=CC=CC1. The van der Waals surface area contributed by atoms with Crippen LogP contribution in [-0.2, 0) is 14.0 Å². The second kappa shape index (κ2) is 5.35. The van der Waals surface area contributed by atoms with Gasteiger partial charge in [0, 0.05) is 0 Å². The van der Waals surface area contributed by atoms with Crippen molar-refractivity contribution >= 4 is 71.9 Å². The summed E-state index contributed by atoms with van der Waals surface area (Å²) in [7, 11) is 0. The van der Waals surface area contributed by atoms with Crippen LogP contribution >= 0.6 is 71.9 Å². The normalized spacial score (nSPS) is 19.1. The summed E-state index contributed by atoms with van der Waals surface area (Å²) < 4.78 is 1.70. The number of hydrogen-bond donors (Lipinski definition) is 0. The van der Waals surface area contributed by atoms with Crippen molar-refractivity contribution in [3.63, 3.8) is 0 Å². The van der Waals surface area contributed by atoms with Crippen molar-refractivity contribution in [2.24, 2.45) is 0 Å². The van der Waals surface area contributed by atoms with Crippen LogP contribution in [0.5, 0.6) is 0 Å². The molecule has 1 rings (SSSR count). The molecule has 0 N–H and O–H groups in total. The molecule has 1 aliphatic rings. The average Bonchev–Trinajstić information content (AvgIpc) is 2.01. The second-order valence-electron chi connectivity index (χ2n) is 7.57. The van der Waals surface area contributed by atoms with Gasteiger partial charge in [-0.3, -0.25) is 0 Å². The monoisotopic (exact) mass is 572 g/mol. The quantitative estimate of drug-likeness (QED) is 0.262. The maximum atomic E-state index is 2.48. The average molecular weight is 572 g/mol. The van der Waals surface area contributed by atoms with Gasteiger partial charge in [-0.1, -0.05) is 0 Å². The molecule has 88 valence electrons. The molecule has 0 amide bonds. The van der Waals surface area contributed by atoms with Gasteiger partial charge < -0.3 is 0 Å². The molecule has 0 aromatic rings. The minimum atomic E-state index is -2.61. The Kier molecular flexibility index (Phi) is 8.28. The molecule has 0 atom stereocenters. The van der Waals surface area contributed by atoms with Gasteiger partial charge in [-0.25, -0.2) is 0 Å². The van der Waals surface area contributed by atoms with E-state index in [9.17, 15) is 0 Å². The van der Waals surface area contributed by atoms with E-state index in [4.69, 9.17) is 0 Å². The molecular formula is C10H23I3Ti. The van der Waals surface area contributed by atoms with Crippen LogP contribution in [0.15, 0.2) is 22.1 Å². The summed E-state index contributed by atoms with van der Waals surface area (Å²) in [5.41, 5.74) is 0. The van der Waals surface area contributed by atoms with Gasteiger partial charge in [0.15, 0.2) is 0 Å². The summed E-state index contributed by atoms with van der Waals surface area (Å²) in [5, 5.41) is 12.4. The molecule has 0 bridgehead atoms. The van der Waals surface area contributed by atoms with Gasteiger partial charge in [-0.15, -0.1) is 71.9 Å². The van der Waals surface area contributed by atoms with Crippen molar-refractivity contribution in [3.05, 3.63) is 22.1 Å². The number of rotatable bonds is 1. The molecule has 14 heavy (non-hydrogen) atoms. The number of halogens is 3. The predicted molar refractivity (Wildman–Crippen MR) is 97.4 cm³/mol. The summed E-state index contributed by atoms with van der Waals surface area (Å²) in [5.74, 6) is 0. The molecule has 0 saturated carbocycles. The van der Waals surface area contributed by atoms with Crippen LogP contribution in [0.4, 0.5) is 0 Å². The Morgan fingerprint density at radius 2 is 1.36 bits per heavy atom. The molecule has 0 spiro atoms. The zero-order chi connectivity index (χ0) is 8.81. The van der Waals surface area contributed by atoms with E-state index in [-0.39, 0.29) is 71.9 Å². The number of hydrogen-bond acceptors (Lipinski definition) is 0. The van der Waals surface area contributed by atoms with Gasteiger partial charge in [0.05, 0.1) is 0 Å². The van der Waals surface area contributed by atoms with E-state index in [1.807, 2.05) is 0 Å². The fraction of sp³-hybridized carbons (Fsp3) is 0.600.